The Morgan fingerprint density at radius 1 is 1.47 bits per heavy atom. The van der Waals surface area contributed by atoms with E-state index in [2.05, 4.69) is 26.8 Å². The molecule has 0 saturated carbocycles. The van der Waals surface area contributed by atoms with Gasteiger partial charge in [0.15, 0.2) is 0 Å². The molecule has 0 unspecified atom stereocenters. The zero-order valence-corrected chi connectivity index (χ0v) is 8.67. The highest BCUT2D eigenvalue weighted by Gasteiger charge is 2.04. The molecule has 0 aliphatic carbocycles. The maximum absolute atomic E-state index is 5.46. The van der Waals surface area contributed by atoms with E-state index >= 15 is 0 Å². The Labute approximate surface area is 87.7 Å². The molecular weight excluding hydrogens is 192 g/mol. The summed E-state index contributed by atoms with van der Waals surface area (Å²) in [6, 6.07) is 0. The van der Waals surface area contributed by atoms with Gasteiger partial charge in [0.05, 0.1) is 11.9 Å². The van der Waals surface area contributed by atoms with Crippen LogP contribution in [0.4, 0.5) is 0 Å². The van der Waals surface area contributed by atoms with Crippen LogP contribution in [0.2, 0.25) is 0 Å². The van der Waals surface area contributed by atoms with Crippen LogP contribution < -0.4 is 5.73 Å². The second-order valence-corrected chi connectivity index (χ2v) is 3.24. The van der Waals surface area contributed by atoms with Gasteiger partial charge in [0.1, 0.15) is 12.4 Å². The molecule has 0 fully saturated rings. The van der Waals surface area contributed by atoms with E-state index in [1.54, 1.807) is 10.9 Å². The lowest BCUT2D eigenvalue weighted by Crippen LogP contribution is -2.08. The molecule has 0 aliphatic heterocycles. The van der Waals surface area contributed by atoms with Crippen LogP contribution in [0.3, 0.4) is 0 Å². The lowest BCUT2D eigenvalue weighted by molar-refractivity contribution is 0.588. The van der Waals surface area contributed by atoms with Crippen molar-refractivity contribution < 1.29 is 0 Å². The maximum Gasteiger partial charge on any atom is 0.130 e. The van der Waals surface area contributed by atoms with E-state index in [4.69, 9.17) is 5.73 Å². The lowest BCUT2D eigenvalue weighted by atomic mass is 10.5. The zero-order chi connectivity index (χ0) is 10.7. The van der Waals surface area contributed by atoms with Gasteiger partial charge in [0, 0.05) is 25.5 Å². The molecule has 0 radical (unpaired) electrons. The predicted octanol–water partition coefficient (Wildman–Crippen LogP) is 0.00150. The number of nitrogens with zero attached hydrogens (tertiary/aromatic N) is 5. The minimum absolute atomic E-state index is 0.419. The van der Waals surface area contributed by atoms with Crippen LogP contribution in [0, 0.1) is 0 Å². The van der Waals surface area contributed by atoms with Gasteiger partial charge in [-0.15, -0.1) is 5.10 Å². The minimum Gasteiger partial charge on any atom is -0.334 e. The van der Waals surface area contributed by atoms with Crippen molar-refractivity contribution in [2.45, 2.75) is 26.6 Å². The first-order chi connectivity index (χ1) is 7.33. The van der Waals surface area contributed by atoms with Crippen molar-refractivity contribution in [1.29, 1.82) is 0 Å². The van der Waals surface area contributed by atoms with Gasteiger partial charge in [0.2, 0.25) is 0 Å². The van der Waals surface area contributed by atoms with E-state index < -0.39 is 0 Å². The third-order valence-electron chi connectivity index (χ3n) is 2.24. The normalized spacial score (nSPS) is 10.8. The van der Waals surface area contributed by atoms with Gasteiger partial charge >= 0.3 is 0 Å². The third kappa shape index (κ3) is 2.04. The van der Waals surface area contributed by atoms with E-state index in [0.29, 0.717) is 13.1 Å². The van der Waals surface area contributed by atoms with Crippen molar-refractivity contribution in [2.24, 2.45) is 5.73 Å². The summed E-state index contributed by atoms with van der Waals surface area (Å²) < 4.78 is 3.82. The molecule has 0 aromatic carbocycles. The molecule has 0 atom stereocenters. The standard InChI is InChI=1S/C9H14N6/c1-2-14-4-3-11-9(14)7-15-6-8(5-10)12-13-15/h3-4,6H,2,5,7,10H2,1H3. The summed E-state index contributed by atoms with van der Waals surface area (Å²) in [6.45, 7) is 4.04. The summed E-state index contributed by atoms with van der Waals surface area (Å²) in [4.78, 5) is 4.26. The van der Waals surface area contributed by atoms with E-state index in [9.17, 15) is 0 Å². The van der Waals surface area contributed by atoms with Crippen molar-refractivity contribution in [3.63, 3.8) is 0 Å². The highest BCUT2D eigenvalue weighted by Crippen LogP contribution is 2.00. The molecule has 15 heavy (non-hydrogen) atoms. The van der Waals surface area contributed by atoms with Gasteiger partial charge in [-0.2, -0.15) is 0 Å². The molecule has 2 heterocycles. The SMILES string of the molecule is CCn1ccnc1Cn1cc(CN)nn1. The molecule has 80 valence electrons. The number of hydrogen-bond donors (Lipinski definition) is 1. The predicted molar refractivity (Wildman–Crippen MR) is 54.9 cm³/mol. The van der Waals surface area contributed by atoms with Gasteiger partial charge < -0.3 is 10.3 Å². The molecule has 0 saturated heterocycles. The Bertz CT molecular complexity index is 429. The van der Waals surface area contributed by atoms with E-state index in [1.165, 1.54) is 0 Å². The Balaban J connectivity index is 2.14. The third-order valence-corrected chi connectivity index (χ3v) is 2.24. The average molecular weight is 206 g/mol. The molecule has 2 rings (SSSR count). The number of nitrogens with two attached hydrogens (primary N) is 1. The van der Waals surface area contributed by atoms with Crippen molar-refractivity contribution in [3.8, 4) is 0 Å². The Hall–Kier alpha value is -1.69. The van der Waals surface area contributed by atoms with Crippen LogP contribution in [0.1, 0.15) is 18.4 Å². The first-order valence-electron chi connectivity index (χ1n) is 4.92. The van der Waals surface area contributed by atoms with Gasteiger partial charge in [0.25, 0.3) is 0 Å². The highest BCUT2D eigenvalue weighted by atomic mass is 15.4. The molecule has 2 aromatic rings. The molecule has 0 spiro atoms. The number of imidazole rings is 1. The van der Waals surface area contributed by atoms with Crippen LogP contribution in [0.15, 0.2) is 18.6 Å². The quantitative estimate of drug-likeness (QED) is 0.764. The summed E-state index contributed by atoms with van der Waals surface area (Å²) in [5.74, 6) is 0.978. The van der Waals surface area contributed by atoms with Crippen molar-refractivity contribution in [2.75, 3.05) is 0 Å². The van der Waals surface area contributed by atoms with Gasteiger partial charge in [-0.3, -0.25) is 0 Å². The fourth-order valence-corrected chi connectivity index (χ4v) is 1.43. The first-order valence-corrected chi connectivity index (χ1v) is 4.92. The largest absolute Gasteiger partial charge is 0.334 e. The summed E-state index contributed by atoms with van der Waals surface area (Å²) >= 11 is 0. The Kier molecular flexibility index (Phi) is 2.77. The fraction of sp³-hybridized carbons (Fsp3) is 0.444. The molecule has 2 N–H and O–H groups in total. The Morgan fingerprint density at radius 2 is 2.33 bits per heavy atom. The Morgan fingerprint density at radius 3 is 3.00 bits per heavy atom. The first kappa shape index (κ1) is 9.85. The summed E-state index contributed by atoms with van der Waals surface area (Å²) in [5.41, 5.74) is 6.25. The molecule has 6 nitrogen and oxygen atoms in total. The summed E-state index contributed by atoms with van der Waals surface area (Å²) in [6.07, 6.45) is 5.59. The number of aryl methyl sites for hydroxylation is 1. The minimum atomic E-state index is 0.419. The molecule has 6 heteroatoms. The van der Waals surface area contributed by atoms with Gasteiger partial charge in [-0.05, 0) is 6.92 Å². The van der Waals surface area contributed by atoms with E-state index in [0.717, 1.165) is 18.1 Å². The van der Waals surface area contributed by atoms with Crippen LogP contribution >= 0.6 is 0 Å². The van der Waals surface area contributed by atoms with E-state index in [1.807, 2.05) is 12.4 Å². The monoisotopic (exact) mass is 206 g/mol. The average Bonchev–Trinajstić information content (AvgIpc) is 2.87. The molecule has 2 aromatic heterocycles. The summed E-state index contributed by atoms with van der Waals surface area (Å²) in [5, 5.41) is 7.89. The molecule has 0 bridgehead atoms. The topological polar surface area (TPSA) is 74.5 Å². The second-order valence-electron chi connectivity index (χ2n) is 3.24. The van der Waals surface area contributed by atoms with Crippen molar-refractivity contribution >= 4 is 0 Å². The van der Waals surface area contributed by atoms with Gasteiger partial charge in [-0.1, -0.05) is 5.21 Å². The summed E-state index contributed by atoms with van der Waals surface area (Å²) in [7, 11) is 0. The molecule has 0 amide bonds. The van der Waals surface area contributed by atoms with Crippen molar-refractivity contribution in [1.82, 2.24) is 24.5 Å². The molecular formula is C9H14N6. The number of rotatable bonds is 4. The maximum atomic E-state index is 5.46. The second kappa shape index (κ2) is 4.22. The van der Waals surface area contributed by atoms with Crippen molar-refractivity contribution in [3.05, 3.63) is 30.1 Å². The van der Waals surface area contributed by atoms with Crippen LogP contribution in [0.25, 0.3) is 0 Å². The lowest BCUT2D eigenvalue weighted by Gasteiger charge is -2.03. The highest BCUT2D eigenvalue weighted by molar-refractivity contribution is 4.96. The van der Waals surface area contributed by atoms with Crippen LogP contribution in [-0.4, -0.2) is 24.5 Å². The van der Waals surface area contributed by atoms with Crippen LogP contribution in [0.5, 0.6) is 0 Å². The smallest absolute Gasteiger partial charge is 0.130 e. The molecule has 0 aliphatic rings. The van der Waals surface area contributed by atoms with Gasteiger partial charge in [-0.25, -0.2) is 9.67 Å². The fourth-order valence-electron chi connectivity index (χ4n) is 1.43. The van der Waals surface area contributed by atoms with E-state index in [-0.39, 0.29) is 0 Å². The zero-order valence-electron chi connectivity index (χ0n) is 8.67. The number of aromatic nitrogens is 5. The van der Waals surface area contributed by atoms with Crippen LogP contribution in [-0.2, 0) is 19.6 Å². The number of hydrogen-bond acceptors (Lipinski definition) is 4.